The van der Waals surface area contributed by atoms with Crippen LogP contribution < -0.4 is 29.2 Å². The van der Waals surface area contributed by atoms with E-state index >= 15 is 0 Å². The molecule has 1 N–H and O–H groups in total. The predicted molar refractivity (Wildman–Crippen MR) is 125 cm³/mol. The van der Waals surface area contributed by atoms with Crippen molar-refractivity contribution in [3.8, 4) is 23.0 Å². The van der Waals surface area contributed by atoms with E-state index in [9.17, 15) is 9.59 Å². The number of carbonyl (C=O) groups is 2. The first kappa shape index (κ1) is 23.4. The molecule has 0 aromatic heterocycles. The number of amides is 2. The SMILES string of the molecule is CCOc1cc(/C=C2\C(=O)NC(=S)N(c3ccc(OC)cc3OC)C2=O)cc(Cl)c1OC. The molecular formula is C22H21ClN2O6S. The maximum Gasteiger partial charge on any atom is 0.270 e. The fourth-order valence-electron chi connectivity index (χ4n) is 3.14. The topological polar surface area (TPSA) is 86.3 Å². The van der Waals surface area contributed by atoms with E-state index in [4.69, 9.17) is 42.8 Å². The lowest BCUT2D eigenvalue weighted by molar-refractivity contribution is -0.122. The van der Waals surface area contributed by atoms with Gasteiger partial charge in [0, 0.05) is 6.07 Å². The van der Waals surface area contributed by atoms with Crippen molar-refractivity contribution in [3.05, 3.63) is 46.5 Å². The second kappa shape index (κ2) is 9.88. The summed E-state index contributed by atoms with van der Waals surface area (Å²) in [4.78, 5) is 27.1. The third kappa shape index (κ3) is 4.49. The molecule has 1 aliphatic heterocycles. The van der Waals surface area contributed by atoms with Crippen LogP contribution >= 0.6 is 23.8 Å². The largest absolute Gasteiger partial charge is 0.497 e. The first-order valence-corrected chi connectivity index (χ1v) is 10.3. The van der Waals surface area contributed by atoms with E-state index in [1.54, 1.807) is 30.3 Å². The predicted octanol–water partition coefficient (Wildman–Crippen LogP) is 3.60. The minimum atomic E-state index is -0.631. The number of methoxy groups -OCH3 is 3. The summed E-state index contributed by atoms with van der Waals surface area (Å²) in [5, 5.41) is 2.75. The Morgan fingerprint density at radius 2 is 1.81 bits per heavy atom. The van der Waals surface area contributed by atoms with Gasteiger partial charge in [0.2, 0.25) is 0 Å². The lowest BCUT2D eigenvalue weighted by Crippen LogP contribution is -2.54. The molecule has 1 aliphatic rings. The molecule has 1 fully saturated rings. The first-order chi connectivity index (χ1) is 15.3. The Bertz CT molecular complexity index is 1120. The highest BCUT2D eigenvalue weighted by Gasteiger charge is 2.36. The molecule has 1 heterocycles. The minimum Gasteiger partial charge on any atom is -0.497 e. The van der Waals surface area contributed by atoms with Crippen molar-refractivity contribution in [2.24, 2.45) is 0 Å². The van der Waals surface area contributed by atoms with E-state index in [0.717, 1.165) is 0 Å². The number of benzene rings is 2. The zero-order valence-electron chi connectivity index (χ0n) is 17.9. The number of hydrogen-bond acceptors (Lipinski definition) is 7. The lowest BCUT2D eigenvalue weighted by Gasteiger charge is -2.30. The van der Waals surface area contributed by atoms with Crippen molar-refractivity contribution in [2.45, 2.75) is 6.92 Å². The average Bonchev–Trinajstić information content (AvgIpc) is 2.76. The van der Waals surface area contributed by atoms with Gasteiger partial charge in [-0.15, -0.1) is 0 Å². The smallest absolute Gasteiger partial charge is 0.270 e. The number of thiocarbonyl (C=S) groups is 1. The highest BCUT2D eigenvalue weighted by Crippen LogP contribution is 2.38. The molecule has 10 heteroatoms. The number of hydrogen-bond donors (Lipinski definition) is 1. The normalized spacial score (nSPS) is 15.0. The number of halogens is 1. The molecule has 0 saturated carbocycles. The first-order valence-electron chi connectivity index (χ1n) is 9.48. The van der Waals surface area contributed by atoms with E-state index in [-0.39, 0.29) is 15.7 Å². The van der Waals surface area contributed by atoms with Crippen molar-refractivity contribution >= 4 is 52.5 Å². The Morgan fingerprint density at radius 1 is 1.06 bits per heavy atom. The van der Waals surface area contributed by atoms with Crippen LogP contribution in [-0.2, 0) is 9.59 Å². The molecule has 0 aliphatic carbocycles. The van der Waals surface area contributed by atoms with Gasteiger partial charge in [-0.05, 0) is 55.0 Å². The van der Waals surface area contributed by atoms with Crippen LogP contribution in [0.15, 0.2) is 35.9 Å². The fraction of sp³-hybridized carbons (Fsp3) is 0.227. The molecule has 1 saturated heterocycles. The second-order valence-corrected chi connectivity index (χ2v) is 7.26. The molecule has 0 unspecified atom stereocenters. The highest BCUT2D eigenvalue weighted by molar-refractivity contribution is 7.80. The summed E-state index contributed by atoms with van der Waals surface area (Å²) in [5.74, 6) is 0.391. The second-order valence-electron chi connectivity index (χ2n) is 6.46. The zero-order valence-corrected chi connectivity index (χ0v) is 19.4. The van der Waals surface area contributed by atoms with Gasteiger partial charge in [0.05, 0.1) is 38.6 Å². The Kier molecular flexibility index (Phi) is 7.22. The number of anilines is 1. The summed E-state index contributed by atoms with van der Waals surface area (Å²) in [7, 11) is 4.45. The molecule has 8 nitrogen and oxygen atoms in total. The van der Waals surface area contributed by atoms with Crippen molar-refractivity contribution in [3.63, 3.8) is 0 Å². The van der Waals surface area contributed by atoms with E-state index in [0.29, 0.717) is 40.9 Å². The molecule has 32 heavy (non-hydrogen) atoms. The zero-order chi connectivity index (χ0) is 23.4. The molecule has 168 valence electrons. The summed E-state index contributed by atoms with van der Waals surface area (Å²) in [6.45, 7) is 2.20. The highest BCUT2D eigenvalue weighted by atomic mass is 35.5. The molecule has 2 amide bonds. The van der Waals surface area contributed by atoms with Crippen molar-refractivity contribution < 1.29 is 28.5 Å². The Morgan fingerprint density at radius 3 is 2.44 bits per heavy atom. The fourth-order valence-corrected chi connectivity index (χ4v) is 3.72. The van der Waals surface area contributed by atoms with E-state index in [1.807, 2.05) is 6.92 Å². The van der Waals surface area contributed by atoms with Crippen LogP contribution in [0.25, 0.3) is 6.08 Å². The molecule has 2 aromatic carbocycles. The van der Waals surface area contributed by atoms with E-state index in [2.05, 4.69) is 5.32 Å². The summed E-state index contributed by atoms with van der Waals surface area (Å²) >= 11 is 11.6. The van der Waals surface area contributed by atoms with Crippen LogP contribution in [0.5, 0.6) is 23.0 Å². The average molecular weight is 477 g/mol. The summed E-state index contributed by atoms with van der Waals surface area (Å²) in [5.41, 5.74) is 0.698. The lowest BCUT2D eigenvalue weighted by atomic mass is 10.1. The van der Waals surface area contributed by atoms with Gasteiger partial charge in [0.15, 0.2) is 16.6 Å². The maximum absolute atomic E-state index is 13.3. The van der Waals surface area contributed by atoms with Crippen LogP contribution in [0.1, 0.15) is 12.5 Å². The van der Waals surface area contributed by atoms with Crippen molar-refractivity contribution in [1.29, 1.82) is 0 Å². The third-order valence-electron chi connectivity index (χ3n) is 4.58. The van der Waals surface area contributed by atoms with Crippen LogP contribution in [0.4, 0.5) is 5.69 Å². The number of nitrogens with zero attached hydrogens (tertiary/aromatic N) is 1. The van der Waals surface area contributed by atoms with Gasteiger partial charge in [-0.1, -0.05) is 11.6 Å². The molecular weight excluding hydrogens is 456 g/mol. The Labute approximate surface area is 195 Å². The van der Waals surface area contributed by atoms with Gasteiger partial charge < -0.3 is 18.9 Å². The Hall–Kier alpha value is -3.30. The van der Waals surface area contributed by atoms with Crippen molar-refractivity contribution in [1.82, 2.24) is 5.32 Å². The summed E-state index contributed by atoms with van der Waals surface area (Å²) in [6, 6.07) is 8.09. The van der Waals surface area contributed by atoms with Gasteiger partial charge >= 0.3 is 0 Å². The quantitative estimate of drug-likeness (QED) is 0.371. The molecule has 2 aromatic rings. The monoisotopic (exact) mass is 476 g/mol. The molecule has 0 atom stereocenters. The van der Waals surface area contributed by atoms with Crippen LogP contribution in [0.3, 0.4) is 0 Å². The van der Waals surface area contributed by atoms with Crippen molar-refractivity contribution in [2.75, 3.05) is 32.8 Å². The Balaban J connectivity index is 2.07. The van der Waals surface area contributed by atoms with E-state index in [1.165, 1.54) is 32.3 Å². The van der Waals surface area contributed by atoms with Crippen LogP contribution in [0, 0.1) is 0 Å². The number of nitrogens with one attached hydrogen (secondary N) is 1. The van der Waals surface area contributed by atoms with Gasteiger partial charge in [-0.25, -0.2) is 4.90 Å². The summed E-state index contributed by atoms with van der Waals surface area (Å²) < 4.78 is 21.4. The number of carbonyl (C=O) groups excluding carboxylic acids is 2. The number of ether oxygens (including phenoxy) is 4. The van der Waals surface area contributed by atoms with Gasteiger partial charge in [-0.2, -0.15) is 0 Å². The summed E-state index contributed by atoms with van der Waals surface area (Å²) in [6.07, 6.45) is 1.41. The standard InChI is InChI=1S/C22H21ClN2O6S/c1-5-31-18-10-12(9-15(23)19(18)30-4)8-14-20(26)24-22(32)25(21(14)27)16-7-6-13(28-2)11-17(16)29-3/h6-11H,5H2,1-4H3,(H,24,26,32)/b14-8+. The van der Waals surface area contributed by atoms with E-state index < -0.39 is 11.8 Å². The van der Waals surface area contributed by atoms with Crippen LogP contribution in [-0.4, -0.2) is 44.9 Å². The molecule has 0 spiro atoms. The minimum absolute atomic E-state index is 0.0663. The maximum atomic E-state index is 13.3. The molecule has 0 radical (unpaired) electrons. The van der Waals surface area contributed by atoms with Gasteiger partial charge in [0.1, 0.15) is 17.1 Å². The third-order valence-corrected chi connectivity index (χ3v) is 5.14. The number of rotatable bonds is 7. The molecule has 0 bridgehead atoms. The van der Waals surface area contributed by atoms with Crippen LogP contribution in [0.2, 0.25) is 5.02 Å². The van der Waals surface area contributed by atoms with Gasteiger partial charge in [0.25, 0.3) is 11.8 Å². The van der Waals surface area contributed by atoms with Gasteiger partial charge in [-0.3, -0.25) is 14.9 Å². The molecule has 3 rings (SSSR count).